The van der Waals surface area contributed by atoms with Crippen molar-refractivity contribution in [1.29, 1.82) is 0 Å². The summed E-state index contributed by atoms with van der Waals surface area (Å²) in [5.74, 6) is -0.249. The molecule has 0 N–H and O–H groups in total. The molecule has 2 heterocycles. The number of rotatable bonds is 11. The van der Waals surface area contributed by atoms with Crippen LogP contribution in [0, 0.1) is 11.8 Å². The molecule has 2 atom stereocenters. The topological polar surface area (TPSA) is 59.1 Å². The average Bonchev–Trinajstić information content (AvgIpc) is 3.01. The van der Waals surface area contributed by atoms with E-state index in [0.29, 0.717) is 13.2 Å². The first-order chi connectivity index (χ1) is 15.5. The third kappa shape index (κ3) is 6.34. The second kappa shape index (κ2) is 10.9. The van der Waals surface area contributed by atoms with Crippen LogP contribution in [0.15, 0.2) is 0 Å². The van der Waals surface area contributed by atoms with Crippen LogP contribution >= 0.6 is 0 Å². The molecule has 198 valence electrons. The number of unbranched alkanes of at least 4 members (excludes halogenated alkanes) is 5. The van der Waals surface area contributed by atoms with E-state index in [1.807, 2.05) is 0 Å². The van der Waals surface area contributed by atoms with E-state index in [4.69, 9.17) is 9.47 Å². The third-order valence-corrected chi connectivity index (χ3v) is 9.25. The number of ether oxygens (including phenoxy) is 2. The Morgan fingerprint density at radius 1 is 0.618 bits per heavy atom. The molecule has 0 spiro atoms. The summed E-state index contributed by atoms with van der Waals surface area (Å²) >= 11 is 0. The van der Waals surface area contributed by atoms with Gasteiger partial charge in [-0.25, -0.2) is 0 Å². The smallest absolute Gasteiger partial charge is 0.310 e. The van der Waals surface area contributed by atoms with E-state index in [-0.39, 0.29) is 45.9 Å². The first kappa shape index (κ1) is 29.1. The summed E-state index contributed by atoms with van der Waals surface area (Å²) in [4.78, 5) is 29.9. The summed E-state index contributed by atoms with van der Waals surface area (Å²) in [5, 5.41) is 0. The number of carbonyl (C=O) groups is 2. The highest BCUT2D eigenvalue weighted by Crippen LogP contribution is 2.45. The van der Waals surface area contributed by atoms with Crippen molar-refractivity contribution < 1.29 is 19.1 Å². The minimum Gasteiger partial charge on any atom is -0.465 e. The Labute approximate surface area is 209 Å². The normalized spacial score (nSPS) is 27.6. The molecule has 6 nitrogen and oxygen atoms in total. The fourth-order valence-corrected chi connectivity index (χ4v) is 6.00. The number of carbonyl (C=O) groups excluding carboxylic acids is 2. The molecule has 0 saturated carbocycles. The summed E-state index contributed by atoms with van der Waals surface area (Å²) < 4.78 is 11.3. The zero-order chi connectivity index (χ0) is 25.9. The Bertz CT molecular complexity index is 653. The lowest BCUT2D eigenvalue weighted by Gasteiger charge is -2.37. The Balaban J connectivity index is 1.54. The number of hydrogen-bond donors (Lipinski definition) is 0. The van der Waals surface area contributed by atoms with Crippen LogP contribution in [-0.4, -0.2) is 71.2 Å². The van der Waals surface area contributed by atoms with E-state index in [0.717, 1.165) is 51.4 Å². The lowest BCUT2D eigenvalue weighted by Crippen LogP contribution is -2.48. The van der Waals surface area contributed by atoms with Crippen molar-refractivity contribution in [3.05, 3.63) is 0 Å². The van der Waals surface area contributed by atoms with Crippen molar-refractivity contribution in [3.63, 3.8) is 0 Å². The summed E-state index contributed by atoms with van der Waals surface area (Å²) in [6.45, 7) is 18.3. The minimum atomic E-state index is -0.177. The molecule has 34 heavy (non-hydrogen) atoms. The van der Waals surface area contributed by atoms with Gasteiger partial charge in [-0.2, -0.15) is 0 Å². The SMILES string of the molecule is CN1C(C)(C)CC(C(=O)OCCCCCCCCOC(=O)C2CC(C)(C)N(C)C2(C)C)C1(C)C. The number of likely N-dealkylation sites (tertiary alicyclic amines) is 2. The third-order valence-electron chi connectivity index (χ3n) is 9.25. The van der Waals surface area contributed by atoms with Crippen LogP contribution < -0.4 is 0 Å². The quantitative estimate of drug-likeness (QED) is 0.290. The highest BCUT2D eigenvalue weighted by atomic mass is 16.5. The second-order valence-electron chi connectivity index (χ2n) is 13.0. The highest BCUT2D eigenvalue weighted by Gasteiger charge is 2.54. The van der Waals surface area contributed by atoms with Gasteiger partial charge < -0.3 is 9.47 Å². The molecule has 6 heteroatoms. The standard InChI is InChI=1S/C28H52N2O4/c1-25(2)19-21(27(5,6)29(25)9)23(31)33-17-15-13-11-12-14-16-18-34-24(32)22-20-26(3,4)30(10)28(22,7)8/h21-22H,11-20H2,1-10H3. The Hall–Kier alpha value is -1.14. The van der Waals surface area contributed by atoms with E-state index < -0.39 is 0 Å². The van der Waals surface area contributed by atoms with Gasteiger partial charge in [0.05, 0.1) is 25.0 Å². The molecule has 0 aliphatic carbocycles. The lowest BCUT2D eigenvalue weighted by atomic mass is 9.87. The van der Waals surface area contributed by atoms with Gasteiger partial charge in [-0.1, -0.05) is 25.7 Å². The molecule has 0 bridgehead atoms. The Morgan fingerprint density at radius 3 is 1.18 bits per heavy atom. The van der Waals surface area contributed by atoms with Crippen LogP contribution in [0.3, 0.4) is 0 Å². The lowest BCUT2D eigenvalue weighted by molar-refractivity contribution is -0.152. The summed E-state index contributed by atoms with van der Waals surface area (Å²) in [6.07, 6.45) is 7.85. The molecule has 2 aliphatic rings. The maximum absolute atomic E-state index is 12.7. The first-order valence-corrected chi connectivity index (χ1v) is 13.4. The monoisotopic (exact) mass is 480 g/mol. The van der Waals surface area contributed by atoms with Gasteiger partial charge >= 0.3 is 11.9 Å². The van der Waals surface area contributed by atoms with Crippen molar-refractivity contribution in [2.24, 2.45) is 11.8 Å². The fourth-order valence-electron chi connectivity index (χ4n) is 6.00. The zero-order valence-electron chi connectivity index (χ0n) is 23.8. The van der Waals surface area contributed by atoms with Gasteiger partial charge in [-0.05, 0) is 95.2 Å². The number of nitrogens with zero attached hydrogens (tertiary/aromatic N) is 2. The second-order valence-corrected chi connectivity index (χ2v) is 13.0. The van der Waals surface area contributed by atoms with E-state index in [9.17, 15) is 9.59 Å². The van der Waals surface area contributed by atoms with Crippen LogP contribution in [0.25, 0.3) is 0 Å². The maximum atomic E-state index is 12.7. The van der Waals surface area contributed by atoms with Gasteiger partial charge in [0.25, 0.3) is 0 Å². The highest BCUT2D eigenvalue weighted by molar-refractivity contribution is 5.75. The van der Waals surface area contributed by atoms with Gasteiger partial charge in [0.15, 0.2) is 0 Å². The summed E-state index contributed by atoms with van der Waals surface area (Å²) in [7, 11) is 4.20. The van der Waals surface area contributed by atoms with Crippen molar-refractivity contribution in [1.82, 2.24) is 9.80 Å². The van der Waals surface area contributed by atoms with Crippen LogP contribution in [0.2, 0.25) is 0 Å². The van der Waals surface area contributed by atoms with Gasteiger partial charge in [0.2, 0.25) is 0 Å². The molecule has 2 aliphatic heterocycles. The molecule has 2 fully saturated rings. The predicted molar refractivity (Wildman–Crippen MR) is 138 cm³/mol. The van der Waals surface area contributed by atoms with Crippen LogP contribution in [-0.2, 0) is 19.1 Å². The predicted octanol–water partition coefficient (Wildman–Crippen LogP) is 5.43. The molecular formula is C28H52N2O4. The maximum Gasteiger partial charge on any atom is 0.310 e. The van der Waals surface area contributed by atoms with E-state index in [2.05, 4.69) is 79.3 Å². The van der Waals surface area contributed by atoms with Gasteiger partial charge in [-0.15, -0.1) is 0 Å². The Kier molecular flexibility index (Phi) is 9.29. The summed E-state index contributed by atoms with van der Waals surface area (Å²) in [6, 6.07) is 0. The van der Waals surface area contributed by atoms with Crippen molar-refractivity contribution in [3.8, 4) is 0 Å². The van der Waals surface area contributed by atoms with E-state index in [1.165, 1.54) is 0 Å². The summed E-state index contributed by atoms with van der Waals surface area (Å²) in [5.41, 5.74) is -0.323. The van der Waals surface area contributed by atoms with Crippen molar-refractivity contribution in [2.75, 3.05) is 27.3 Å². The van der Waals surface area contributed by atoms with Crippen LogP contribution in [0.1, 0.15) is 107 Å². The molecule has 2 unspecified atom stereocenters. The van der Waals surface area contributed by atoms with Crippen LogP contribution in [0.5, 0.6) is 0 Å². The number of hydrogen-bond acceptors (Lipinski definition) is 6. The van der Waals surface area contributed by atoms with Crippen molar-refractivity contribution >= 4 is 11.9 Å². The van der Waals surface area contributed by atoms with Crippen molar-refractivity contribution in [2.45, 2.75) is 129 Å². The molecular weight excluding hydrogens is 428 g/mol. The Morgan fingerprint density at radius 2 is 0.912 bits per heavy atom. The molecule has 0 radical (unpaired) electrons. The van der Waals surface area contributed by atoms with Gasteiger partial charge in [0.1, 0.15) is 0 Å². The van der Waals surface area contributed by atoms with Crippen LogP contribution in [0.4, 0.5) is 0 Å². The van der Waals surface area contributed by atoms with E-state index >= 15 is 0 Å². The zero-order valence-corrected chi connectivity index (χ0v) is 23.8. The molecule has 0 aromatic heterocycles. The fraction of sp³-hybridized carbons (Fsp3) is 0.929. The van der Waals surface area contributed by atoms with E-state index in [1.54, 1.807) is 0 Å². The average molecular weight is 481 g/mol. The van der Waals surface area contributed by atoms with Gasteiger partial charge in [-0.3, -0.25) is 19.4 Å². The largest absolute Gasteiger partial charge is 0.465 e. The molecule has 0 aromatic carbocycles. The molecule has 0 amide bonds. The molecule has 2 saturated heterocycles. The first-order valence-electron chi connectivity index (χ1n) is 13.4. The minimum absolute atomic E-state index is 0.0156. The molecule has 2 rings (SSSR count). The number of esters is 2. The molecule has 0 aromatic rings. The van der Waals surface area contributed by atoms with Gasteiger partial charge in [0, 0.05) is 22.2 Å².